The first-order valence-electron chi connectivity index (χ1n) is 5.44. The molecular formula is C12H14N2O2. The molecule has 1 aromatic carbocycles. The molecule has 0 amide bonds. The molecule has 0 bridgehead atoms. The topological polar surface area (TPSA) is 51.6 Å². The Kier molecular flexibility index (Phi) is 2.22. The molecule has 1 aromatic heterocycles. The molecule has 4 heteroatoms. The zero-order chi connectivity index (χ0) is 11.0. The summed E-state index contributed by atoms with van der Waals surface area (Å²) in [7, 11) is 0. The van der Waals surface area contributed by atoms with Crippen LogP contribution < -0.4 is 10.6 Å². The lowest BCUT2D eigenvalue weighted by molar-refractivity contribution is 0.123. The van der Waals surface area contributed by atoms with Gasteiger partial charge in [-0.25, -0.2) is 0 Å². The van der Waals surface area contributed by atoms with E-state index in [-0.39, 0.29) is 0 Å². The molecule has 16 heavy (non-hydrogen) atoms. The molecule has 0 saturated carbocycles. The van der Waals surface area contributed by atoms with E-state index in [9.17, 15) is 0 Å². The first kappa shape index (κ1) is 9.54. The number of anilines is 2. The summed E-state index contributed by atoms with van der Waals surface area (Å²) in [5.41, 5.74) is 8.65. The van der Waals surface area contributed by atoms with Gasteiger partial charge in [-0.1, -0.05) is 0 Å². The number of furan rings is 1. The molecule has 1 saturated heterocycles. The van der Waals surface area contributed by atoms with E-state index in [0.29, 0.717) is 0 Å². The van der Waals surface area contributed by atoms with Crippen molar-refractivity contribution in [1.82, 2.24) is 0 Å². The van der Waals surface area contributed by atoms with Crippen LogP contribution in [-0.2, 0) is 4.74 Å². The normalized spacial score (nSPS) is 16.9. The minimum Gasteiger partial charge on any atom is -0.462 e. The molecule has 0 spiro atoms. The molecule has 4 nitrogen and oxygen atoms in total. The van der Waals surface area contributed by atoms with Crippen LogP contribution >= 0.6 is 0 Å². The predicted molar refractivity (Wildman–Crippen MR) is 63.7 cm³/mol. The van der Waals surface area contributed by atoms with Crippen LogP contribution in [-0.4, -0.2) is 26.3 Å². The number of benzene rings is 1. The minimum atomic E-state index is 0.761. The molecule has 1 aliphatic rings. The molecule has 84 valence electrons. The number of rotatable bonds is 1. The van der Waals surface area contributed by atoms with Gasteiger partial charge in [0.05, 0.1) is 25.2 Å². The third kappa shape index (κ3) is 1.51. The number of hydrogen-bond donors (Lipinski definition) is 1. The average Bonchev–Trinajstić information content (AvgIpc) is 2.77. The fourth-order valence-corrected chi connectivity index (χ4v) is 2.12. The molecule has 0 radical (unpaired) electrons. The monoisotopic (exact) mass is 218 g/mol. The highest BCUT2D eigenvalue weighted by molar-refractivity contribution is 5.92. The van der Waals surface area contributed by atoms with E-state index >= 15 is 0 Å². The molecular weight excluding hydrogens is 204 g/mol. The van der Waals surface area contributed by atoms with Crippen LogP contribution in [0.5, 0.6) is 0 Å². The fraction of sp³-hybridized carbons (Fsp3) is 0.333. The van der Waals surface area contributed by atoms with Gasteiger partial charge in [-0.3, -0.25) is 0 Å². The number of morpholine rings is 1. The Morgan fingerprint density at radius 2 is 2.00 bits per heavy atom. The molecule has 0 unspecified atom stereocenters. The lowest BCUT2D eigenvalue weighted by Crippen LogP contribution is -2.36. The zero-order valence-corrected chi connectivity index (χ0v) is 8.98. The maximum Gasteiger partial charge on any atom is 0.157 e. The van der Waals surface area contributed by atoms with E-state index in [0.717, 1.165) is 48.6 Å². The Morgan fingerprint density at radius 3 is 2.81 bits per heavy atom. The van der Waals surface area contributed by atoms with Gasteiger partial charge < -0.3 is 19.8 Å². The molecule has 0 aliphatic carbocycles. The number of nitrogens with zero attached hydrogens (tertiary/aromatic N) is 1. The highest BCUT2D eigenvalue weighted by atomic mass is 16.5. The summed E-state index contributed by atoms with van der Waals surface area (Å²) in [6.45, 7) is 3.30. The SMILES string of the molecule is Nc1cc(N2CCOCC2)c2occc2c1. The predicted octanol–water partition coefficient (Wildman–Crippen LogP) is 1.85. The Morgan fingerprint density at radius 1 is 1.19 bits per heavy atom. The molecule has 1 fully saturated rings. The molecule has 3 rings (SSSR count). The van der Waals surface area contributed by atoms with Gasteiger partial charge in [-0.2, -0.15) is 0 Å². The number of fused-ring (bicyclic) bond motifs is 1. The first-order chi connectivity index (χ1) is 7.84. The van der Waals surface area contributed by atoms with Crippen molar-refractivity contribution < 1.29 is 9.15 Å². The van der Waals surface area contributed by atoms with Crippen LogP contribution in [0.3, 0.4) is 0 Å². The smallest absolute Gasteiger partial charge is 0.157 e. The van der Waals surface area contributed by atoms with Crippen LogP contribution in [0.25, 0.3) is 11.0 Å². The average molecular weight is 218 g/mol. The molecule has 2 N–H and O–H groups in total. The summed E-state index contributed by atoms with van der Waals surface area (Å²) in [6, 6.07) is 5.84. The lowest BCUT2D eigenvalue weighted by atomic mass is 10.2. The zero-order valence-electron chi connectivity index (χ0n) is 8.98. The van der Waals surface area contributed by atoms with Gasteiger partial charge in [0.15, 0.2) is 5.58 Å². The van der Waals surface area contributed by atoms with Gasteiger partial charge in [0, 0.05) is 24.2 Å². The third-order valence-electron chi connectivity index (χ3n) is 2.91. The molecule has 0 atom stereocenters. The van der Waals surface area contributed by atoms with E-state index in [2.05, 4.69) is 4.90 Å². The maximum absolute atomic E-state index is 5.89. The van der Waals surface area contributed by atoms with Gasteiger partial charge in [-0.05, 0) is 18.2 Å². The second-order valence-electron chi connectivity index (χ2n) is 3.98. The summed E-state index contributed by atoms with van der Waals surface area (Å²) >= 11 is 0. The number of hydrogen-bond acceptors (Lipinski definition) is 4. The number of nitrogen functional groups attached to an aromatic ring is 1. The van der Waals surface area contributed by atoms with E-state index in [1.165, 1.54) is 0 Å². The maximum atomic E-state index is 5.89. The Balaban J connectivity index is 2.09. The second-order valence-corrected chi connectivity index (χ2v) is 3.98. The van der Waals surface area contributed by atoms with Gasteiger partial charge in [0.1, 0.15) is 0 Å². The molecule has 2 heterocycles. The van der Waals surface area contributed by atoms with Crippen LogP contribution in [0, 0.1) is 0 Å². The molecule has 2 aromatic rings. The van der Waals surface area contributed by atoms with Gasteiger partial charge in [-0.15, -0.1) is 0 Å². The lowest BCUT2D eigenvalue weighted by Gasteiger charge is -2.29. The fourth-order valence-electron chi connectivity index (χ4n) is 2.12. The van der Waals surface area contributed by atoms with E-state index in [1.54, 1.807) is 6.26 Å². The highest BCUT2D eigenvalue weighted by Gasteiger charge is 2.16. The molecule has 1 aliphatic heterocycles. The quantitative estimate of drug-likeness (QED) is 0.742. The van der Waals surface area contributed by atoms with Crippen molar-refractivity contribution in [2.45, 2.75) is 0 Å². The van der Waals surface area contributed by atoms with Crippen molar-refractivity contribution in [1.29, 1.82) is 0 Å². The minimum absolute atomic E-state index is 0.761. The van der Waals surface area contributed by atoms with E-state index in [1.807, 2.05) is 18.2 Å². The van der Waals surface area contributed by atoms with Crippen molar-refractivity contribution in [3.63, 3.8) is 0 Å². The summed E-state index contributed by atoms with van der Waals surface area (Å²) in [5, 5.41) is 1.06. The van der Waals surface area contributed by atoms with E-state index < -0.39 is 0 Å². The number of nitrogens with two attached hydrogens (primary N) is 1. The Hall–Kier alpha value is -1.68. The Labute approximate surface area is 93.6 Å². The van der Waals surface area contributed by atoms with Crippen molar-refractivity contribution in [2.24, 2.45) is 0 Å². The van der Waals surface area contributed by atoms with Gasteiger partial charge in [0.2, 0.25) is 0 Å². The van der Waals surface area contributed by atoms with Crippen LogP contribution in [0.15, 0.2) is 28.9 Å². The van der Waals surface area contributed by atoms with Crippen molar-refractivity contribution >= 4 is 22.3 Å². The summed E-state index contributed by atoms with van der Waals surface area (Å²) in [5.74, 6) is 0. The van der Waals surface area contributed by atoms with Crippen LogP contribution in [0.1, 0.15) is 0 Å². The highest BCUT2D eigenvalue weighted by Crippen LogP contribution is 2.31. The largest absolute Gasteiger partial charge is 0.462 e. The first-order valence-corrected chi connectivity index (χ1v) is 5.44. The Bertz CT molecular complexity index is 501. The van der Waals surface area contributed by atoms with E-state index in [4.69, 9.17) is 14.9 Å². The van der Waals surface area contributed by atoms with Crippen molar-refractivity contribution in [3.05, 3.63) is 24.5 Å². The van der Waals surface area contributed by atoms with Crippen molar-refractivity contribution in [2.75, 3.05) is 36.9 Å². The van der Waals surface area contributed by atoms with Crippen LogP contribution in [0.4, 0.5) is 11.4 Å². The standard InChI is InChI=1S/C12H14N2O2/c13-10-7-9-1-4-16-12(9)11(8-10)14-2-5-15-6-3-14/h1,4,7-8H,2-3,5-6,13H2. The van der Waals surface area contributed by atoms with Gasteiger partial charge >= 0.3 is 0 Å². The summed E-state index contributed by atoms with van der Waals surface area (Å²) in [4.78, 5) is 2.26. The second kappa shape index (κ2) is 3.72. The van der Waals surface area contributed by atoms with Gasteiger partial charge in [0.25, 0.3) is 0 Å². The summed E-state index contributed by atoms with van der Waals surface area (Å²) in [6.07, 6.45) is 1.70. The van der Waals surface area contributed by atoms with Crippen LogP contribution in [0.2, 0.25) is 0 Å². The third-order valence-corrected chi connectivity index (χ3v) is 2.91. The number of ether oxygens (including phenoxy) is 1. The summed E-state index contributed by atoms with van der Waals surface area (Å²) < 4.78 is 10.9. The van der Waals surface area contributed by atoms with Crippen molar-refractivity contribution in [3.8, 4) is 0 Å².